The van der Waals surface area contributed by atoms with Crippen molar-refractivity contribution in [2.45, 2.75) is 39.2 Å². The summed E-state index contributed by atoms with van der Waals surface area (Å²) in [7, 11) is 0. The molecule has 2 heteroatoms. The van der Waals surface area contributed by atoms with Crippen LogP contribution in [-0.4, -0.2) is 6.54 Å². The molecular formula is C18H23NO. The molecule has 3 atom stereocenters. The van der Waals surface area contributed by atoms with Crippen LogP contribution in [0.5, 0.6) is 0 Å². The Hall–Kier alpha value is -1.28. The van der Waals surface area contributed by atoms with Gasteiger partial charge in [-0.2, -0.15) is 0 Å². The Labute approximate surface area is 120 Å². The predicted molar refractivity (Wildman–Crippen MR) is 81.7 cm³/mol. The molecule has 3 unspecified atom stereocenters. The zero-order chi connectivity index (χ0) is 13.7. The zero-order valence-corrected chi connectivity index (χ0v) is 12.4. The first-order chi connectivity index (χ1) is 9.79. The molecule has 1 aromatic heterocycles. The summed E-state index contributed by atoms with van der Waals surface area (Å²) in [6, 6.07) is 9.08. The van der Waals surface area contributed by atoms with Crippen LogP contribution in [0, 0.1) is 24.7 Å². The van der Waals surface area contributed by atoms with Crippen molar-refractivity contribution in [3.05, 3.63) is 35.6 Å². The molecule has 2 aromatic rings. The van der Waals surface area contributed by atoms with E-state index in [0.29, 0.717) is 6.04 Å². The molecule has 2 aliphatic rings. The molecular weight excluding hydrogens is 246 g/mol. The summed E-state index contributed by atoms with van der Waals surface area (Å²) in [5.74, 6) is 3.86. The molecule has 0 aliphatic heterocycles. The van der Waals surface area contributed by atoms with Crippen LogP contribution in [0.3, 0.4) is 0 Å². The van der Waals surface area contributed by atoms with E-state index in [-0.39, 0.29) is 0 Å². The highest BCUT2D eigenvalue weighted by molar-refractivity contribution is 5.81. The van der Waals surface area contributed by atoms with Crippen molar-refractivity contribution in [1.82, 2.24) is 5.32 Å². The molecule has 1 heterocycles. The van der Waals surface area contributed by atoms with Crippen molar-refractivity contribution in [1.29, 1.82) is 0 Å². The Morgan fingerprint density at radius 1 is 1.30 bits per heavy atom. The van der Waals surface area contributed by atoms with Gasteiger partial charge in [0.25, 0.3) is 0 Å². The molecule has 2 aliphatic carbocycles. The lowest BCUT2D eigenvalue weighted by atomic mass is 10.0. The first kappa shape index (κ1) is 12.5. The Kier molecular flexibility index (Phi) is 2.88. The summed E-state index contributed by atoms with van der Waals surface area (Å²) in [6.45, 7) is 5.33. The van der Waals surface area contributed by atoms with Crippen molar-refractivity contribution in [2.24, 2.45) is 17.8 Å². The van der Waals surface area contributed by atoms with Gasteiger partial charge in [-0.3, -0.25) is 0 Å². The molecule has 2 saturated carbocycles. The van der Waals surface area contributed by atoms with Crippen molar-refractivity contribution < 1.29 is 4.42 Å². The third-order valence-corrected chi connectivity index (χ3v) is 5.35. The SMILES string of the molecule is CCNC(c1cc2cccc(C)c2o1)C1C2CCCC21. The Balaban J connectivity index is 1.69. The van der Waals surface area contributed by atoms with Crippen LogP contribution in [0.15, 0.2) is 28.7 Å². The third kappa shape index (κ3) is 1.81. The molecule has 1 N–H and O–H groups in total. The normalized spacial score (nSPS) is 29.6. The highest BCUT2D eigenvalue weighted by Gasteiger charge is 2.56. The van der Waals surface area contributed by atoms with Crippen molar-refractivity contribution in [2.75, 3.05) is 6.54 Å². The van der Waals surface area contributed by atoms with Crippen LogP contribution < -0.4 is 5.32 Å². The minimum Gasteiger partial charge on any atom is -0.459 e. The number of hydrogen-bond donors (Lipinski definition) is 1. The first-order valence-electron chi connectivity index (χ1n) is 8.02. The quantitative estimate of drug-likeness (QED) is 0.887. The lowest BCUT2D eigenvalue weighted by Gasteiger charge is -2.17. The number of fused-ring (bicyclic) bond motifs is 2. The smallest absolute Gasteiger partial charge is 0.137 e. The molecule has 0 saturated heterocycles. The van der Waals surface area contributed by atoms with E-state index < -0.39 is 0 Å². The molecule has 0 radical (unpaired) electrons. The second-order valence-corrected chi connectivity index (χ2v) is 6.51. The fraction of sp³-hybridized carbons (Fsp3) is 0.556. The summed E-state index contributed by atoms with van der Waals surface area (Å²) >= 11 is 0. The fourth-order valence-electron chi connectivity index (χ4n) is 4.40. The van der Waals surface area contributed by atoms with Gasteiger partial charge >= 0.3 is 0 Å². The third-order valence-electron chi connectivity index (χ3n) is 5.35. The van der Waals surface area contributed by atoms with Crippen LogP contribution in [0.1, 0.15) is 43.6 Å². The van der Waals surface area contributed by atoms with Gasteiger partial charge in [0.05, 0.1) is 6.04 Å². The highest BCUT2D eigenvalue weighted by Crippen LogP contribution is 2.62. The van der Waals surface area contributed by atoms with Gasteiger partial charge in [0.15, 0.2) is 0 Å². The van der Waals surface area contributed by atoms with Gasteiger partial charge in [-0.25, -0.2) is 0 Å². The number of benzene rings is 1. The number of rotatable bonds is 4. The lowest BCUT2D eigenvalue weighted by Crippen LogP contribution is -2.24. The van der Waals surface area contributed by atoms with Gasteiger partial charge < -0.3 is 9.73 Å². The fourth-order valence-corrected chi connectivity index (χ4v) is 4.40. The molecule has 0 bridgehead atoms. The maximum Gasteiger partial charge on any atom is 0.137 e. The summed E-state index contributed by atoms with van der Waals surface area (Å²) in [4.78, 5) is 0. The van der Waals surface area contributed by atoms with E-state index in [4.69, 9.17) is 4.42 Å². The summed E-state index contributed by atoms with van der Waals surface area (Å²) in [5.41, 5.74) is 2.30. The number of aryl methyl sites for hydroxylation is 1. The van der Waals surface area contributed by atoms with Crippen molar-refractivity contribution >= 4 is 11.0 Å². The van der Waals surface area contributed by atoms with Gasteiger partial charge in [-0.1, -0.05) is 31.5 Å². The van der Waals surface area contributed by atoms with Crippen LogP contribution in [-0.2, 0) is 0 Å². The van der Waals surface area contributed by atoms with E-state index in [2.05, 4.69) is 43.4 Å². The van der Waals surface area contributed by atoms with Gasteiger partial charge in [0.1, 0.15) is 11.3 Å². The zero-order valence-electron chi connectivity index (χ0n) is 12.4. The average molecular weight is 269 g/mol. The second-order valence-electron chi connectivity index (χ2n) is 6.51. The highest BCUT2D eigenvalue weighted by atomic mass is 16.3. The maximum atomic E-state index is 6.22. The van der Waals surface area contributed by atoms with Crippen LogP contribution >= 0.6 is 0 Å². The molecule has 20 heavy (non-hydrogen) atoms. The molecule has 2 nitrogen and oxygen atoms in total. The number of para-hydroxylation sites is 1. The molecule has 106 valence electrons. The van der Waals surface area contributed by atoms with Crippen molar-refractivity contribution in [3.8, 4) is 0 Å². The monoisotopic (exact) mass is 269 g/mol. The largest absolute Gasteiger partial charge is 0.459 e. The molecule has 0 amide bonds. The summed E-state index contributed by atoms with van der Waals surface area (Å²) < 4.78 is 6.22. The second kappa shape index (κ2) is 4.63. The number of furan rings is 1. The number of hydrogen-bond acceptors (Lipinski definition) is 2. The first-order valence-corrected chi connectivity index (χ1v) is 8.02. The Morgan fingerprint density at radius 2 is 2.10 bits per heavy atom. The molecule has 4 rings (SSSR count). The van der Waals surface area contributed by atoms with E-state index in [9.17, 15) is 0 Å². The van der Waals surface area contributed by atoms with Crippen LogP contribution in [0.4, 0.5) is 0 Å². The van der Waals surface area contributed by atoms with Crippen molar-refractivity contribution in [3.63, 3.8) is 0 Å². The maximum absolute atomic E-state index is 6.22. The minimum atomic E-state index is 0.419. The molecule has 0 spiro atoms. The number of nitrogens with one attached hydrogen (secondary N) is 1. The van der Waals surface area contributed by atoms with Crippen LogP contribution in [0.25, 0.3) is 11.0 Å². The van der Waals surface area contributed by atoms with E-state index in [1.165, 1.54) is 30.2 Å². The van der Waals surface area contributed by atoms with E-state index in [1.807, 2.05) is 0 Å². The Morgan fingerprint density at radius 3 is 2.80 bits per heavy atom. The van der Waals surface area contributed by atoms with Gasteiger partial charge in [0.2, 0.25) is 0 Å². The lowest BCUT2D eigenvalue weighted by molar-refractivity contribution is 0.364. The average Bonchev–Trinajstić information content (AvgIpc) is 2.85. The van der Waals surface area contributed by atoms with E-state index in [0.717, 1.165) is 35.6 Å². The topological polar surface area (TPSA) is 25.2 Å². The summed E-state index contributed by atoms with van der Waals surface area (Å²) in [5, 5.41) is 4.92. The van der Waals surface area contributed by atoms with Gasteiger partial charge in [-0.05, 0) is 55.7 Å². The van der Waals surface area contributed by atoms with Gasteiger partial charge in [-0.15, -0.1) is 0 Å². The standard InChI is InChI=1S/C18H23NO/c1-3-19-17(16-13-8-5-9-14(13)16)15-10-12-7-4-6-11(2)18(12)20-15/h4,6-7,10,13-14,16-17,19H,3,5,8-9H2,1-2H3. The predicted octanol–water partition coefficient (Wildman–Crippen LogP) is 4.44. The molecule has 2 fully saturated rings. The molecule has 1 aromatic carbocycles. The summed E-state index contributed by atoms with van der Waals surface area (Å²) in [6.07, 6.45) is 4.29. The van der Waals surface area contributed by atoms with Gasteiger partial charge in [0, 0.05) is 5.39 Å². The Bertz CT molecular complexity index is 619. The van der Waals surface area contributed by atoms with E-state index >= 15 is 0 Å². The minimum absolute atomic E-state index is 0.419. The van der Waals surface area contributed by atoms with E-state index in [1.54, 1.807) is 0 Å². The van der Waals surface area contributed by atoms with Crippen LogP contribution in [0.2, 0.25) is 0 Å².